The second-order valence-electron chi connectivity index (χ2n) is 7.72. The fraction of sp³-hybridized carbons (Fsp3) is 0.391. The molecule has 0 atom stereocenters. The third kappa shape index (κ3) is 3.42. The van der Waals surface area contributed by atoms with E-state index in [1.807, 2.05) is 19.1 Å². The molecule has 1 saturated heterocycles. The quantitative estimate of drug-likeness (QED) is 0.643. The van der Waals surface area contributed by atoms with Gasteiger partial charge >= 0.3 is 0 Å². The number of amides is 1. The van der Waals surface area contributed by atoms with Crippen LogP contribution in [0.4, 0.5) is 0 Å². The van der Waals surface area contributed by atoms with Crippen LogP contribution < -0.4 is 10.6 Å². The Kier molecular flexibility index (Phi) is 5.18. The average Bonchev–Trinajstić information content (AvgIpc) is 3.14. The number of nitrogens with zero attached hydrogens (tertiary/aromatic N) is 1. The molecule has 3 aromatic rings. The second kappa shape index (κ2) is 7.76. The smallest absolute Gasteiger partial charge is 0.251 e. The molecule has 4 rings (SSSR count). The highest BCUT2D eigenvalue weighted by molar-refractivity contribution is 5.96. The zero-order valence-electron chi connectivity index (χ0n) is 16.9. The van der Waals surface area contributed by atoms with Crippen LogP contribution in [0.1, 0.15) is 52.9 Å². The number of benzene rings is 2. The van der Waals surface area contributed by atoms with Crippen molar-refractivity contribution < 1.29 is 4.79 Å². The van der Waals surface area contributed by atoms with Gasteiger partial charge in [0.15, 0.2) is 0 Å². The van der Waals surface area contributed by atoms with Crippen LogP contribution in [0.2, 0.25) is 0 Å². The third-order valence-electron chi connectivity index (χ3n) is 5.90. The number of fused-ring (bicyclic) bond motifs is 1. The van der Waals surface area contributed by atoms with E-state index in [1.54, 1.807) is 0 Å². The molecule has 5 nitrogen and oxygen atoms in total. The maximum absolute atomic E-state index is 12.4. The number of aryl methyl sites for hydroxylation is 1. The summed E-state index contributed by atoms with van der Waals surface area (Å²) in [5.74, 6) is 0.494. The van der Waals surface area contributed by atoms with Crippen molar-refractivity contribution in [3.05, 3.63) is 52.7 Å². The van der Waals surface area contributed by atoms with Crippen molar-refractivity contribution in [2.75, 3.05) is 19.6 Å². The van der Waals surface area contributed by atoms with E-state index in [4.69, 9.17) is 0 Å². The summed E-state index contributed by atoms with van der Waals surface area (Å²) < 4.78 is 0. The summed E-state index contributed by atoms with van der Waals surface area (Å²) in [5, 5.41) is 15.4. The van der Waals surface area contributed by atoms with Crippen molar-refractivity contribution in [2.24, 2.45) is 0 Å². The molecule has 1 aliphatic heterocycles. The molecule has 0 radical (unpaired) electrons. The van der Waals surface area contributed by atoms with Gasteiger partial charge in [-0.25, -0.2) is 0 Å². The molecule has 2 heterocycles. The van der Waals surface area contributed by atoms with Gasteiger partial charge in [0.05, 0.1) is 11.2 Å². The van der Waals surface area contributed by atoms with Gasteiger partial charge in [0.2, 0.25) is 0 Å². The van der Waals surface area contributed by atoms with Gasteiger partial charge in [0.25, 0.3) is 5.91 Å². The van der Waals surface area contributed by atoms with E-state index in [-0.39, 0.29) is 5.91 Å². The van der Waals surface area contributed by atoms with Crippen LogP contribution in [0, 0.1) is 13.8 Å². The monoisotopic (exact) mass is 376 g/mol. The van der Waals surface area contributed by atoms with Gasteiger partial charge in [0.1, 0.15) is 0 Å². The van der Waals surface area contributed by atoms with Gasteiger partial charge in [-0.2, -0.15) is 5.10 Å². The van der Waals surface area contributed by atoms with Gasteiger partial charge < -0.3 is 10.6 Å². The Morgan fingerprint density at radius 2 is 1.96 bits per heavy atom. The SMILES string of the molecule is CCNC(=O)c1cc(C)c(C)c(-c2ccc3c(C4CCNCC4)n[nH]c3c2)c1. The van der Waals surface area contributed by atoms with Gasteiger partial charge in [-0.3, -0.25) is 9.89 Å². The van der Waals surface area contributed by atoms with Gasteiger partial charge in [-0.15, -0.1) is 0 Å². The van der Waals surface area contributed by atoms with Crippen molar-refractivity contribution in [2.45, 2.75) is 39.5 Å². The maximum atomic E-state index is 12.4. The summed E-state index contributed by atoms with van der Waals surface area (Å²) in [6.45, 7) is 8.85. The first-order valence-electron chi connectivity index (χ1n) is 10.2. The number of nitrogens with one attached hydrogen (secondary N) is 3. The van der Waals surface area contributed by atoms with Crippen LogP contribution in [-0.4, -0.2) is 35.7 Å². The van der Waals surface area contributed by atoms with Crippen molar-refractivity contribution in [3.63, 3.8) is 0 Å². The average molecular weight is 377 g/mol. The molecule has 0 bridgehead atoms. The zero-order chi connectivity index (χ0) is 19.7. The molecule has 0 saturated carbocycles. The van der Waals surface area contributed by atoms with Crippen molar-refractivity contribution in [1.82, 2.24) is 20.8 Å². The zero-order valence-corrected chi connectivity index (χ0v) is 16.9. The molecule has 1 fully saturated rings. The summed E-state index contributed by atoms with van der Waals surface area (Å²) in [7, 11) is 0. The Balaban J connectivity index is 1.74. The van der Waals surface area contributed by atoms with E-state index in [0.717, 1.165) is 48.1 Å². The Hall–Kier alpha value is -2.66. The van der Waals surface area contributed by atoms with Crippen LogP contribution in [0.3, 0.4) is 0 Å². The van der Waals surface area contributed by atoms with Crippen LogP contribution >= 0.6 is 0 Å². The summed E-state index contributed by atoms with van der Waals surface area (Å²) >= 11 is 0. The first-order chi connectivity index (χ1) is 13.6. The van der Waals surface area contributed by atoms with Crippen LogP contribution in [0.15, 0.2) is 30.3 Å². The van der Waals surface area contributed by atoms with Gasteiger partial charge in [-0.05, 0) is 87.2 Å². The summed E-state index contributed by atoms with van der Waals surface area (Å²) in [6, 6.07) is 10.5. The van der Waals surface area contributed by atoms with E-state index in [0.29, 0.717) is 18.0 Å². The molecule has 1 aliphatic rings. The third-order valence-corrected chi connectivity index (χ3v) is 5.90. The number of H-pyrrole nitrogens is 1. The Labute approximate surface area is 165 Å². The van der Waals surface area contributed by atoms with Gasteiger partial charge in [0, 0.05) is 23.4 Å². The van der Waals surface area contributed by atoms with Crippen molar-refractivity contribution in [1.29, 1.82) is 0 Å². The Bertz CT molecular complexity index is 1010. The lowest BCUT2D eigenvalue weighted by Crippen LogP contribution is -2.26. The van der Waals surface area contributed by atoms with E-state index < -0.39 is 0 Å². The largest absolute Gasteiger partial charge is 0.352 e. The predicted octanol–water partition coefficient (Wildman–Crippen LogP) is 4.06. The lowest BCUT2D eigenvalue weighted by atomic mass is 9.91. The van der Waals surface area contributed by atoms with Gasteiger partial charge in [-0.1, -0.05) is 12.1 Å². The summed E-state index contributed by atoms with van der Waals surface area (Å²) in [6.07, 6.45) is 2.27. The fourth-order valence-corrected chi connectivity index (χ4v) is 4.17. The first kappa shape index (κ1) is 18.7. The minimum Gasteiger partial charge on any atom is -0.352 e. The number of aromatic nitrogens is 2. The number of carbonyl (C=O) groups excluding carboxylic acids is 1. The van der Waals surface area contributed by atoms with Crippen LogP contribution in [0.25, 0.3) is 22.0 Å². The maximum Gasteiger partial charge on any atom is 0.251 e. The highest BCUT2D eigenvalue weighted by Gasteiger charge is 2.20. The topological polar surface area (TPSA) is 69.8 Å². The minimum absolute atomic E-state index is 0.0253. The number of hydrogen-bond donors (Lipinski definition) is 3. The molecule has 1 amide bonds. The number of hydrogen-bond acceptors (Lipinski definition) is 3. The molecule has 146 valence electrons. The number of aromatic amines is 1. The molecule has 2 aromatic carbocycles. The molecule has 0 aliphatic carbocycles. The lowest BCUT2D eigenvalue weighted by Gasteiger charge is -2.21. The molecular weight excluding hydrogens is 348 g/mol. The standard InChI is InChI=1S/C23H28N4O/c1-4-25-23(28)18-11-14(2)15(3)20(12-18)17-5-6-19-21(13-17)26-27-22(19)16-7-9-24-10-8-16/h5-6,11-13,16,24H,4,7-10H2,1-3H3,(H,25,28)(H,26,27). The molecule has 3 N–H and O–H groups in total. The van der Waals surface area contributed by atoms with E-state index in [9.17, 15) is 4.79 Å². The normalized spacial score (nSPS) is 15.1. The second-order valence-corrected chi connectivity index (χ2v) is 7.72. The predicted molar refractivity (Wildman–Crippen MR) is 114 cm³/mol. The van der Waals surface area contributed by atoms with E-state index in [1.165, 1.54) is 16.6 Å². The highest BCUT2D eigenvalue weighted by atomic mass is 16.1. The van der Waals surface area contributed by atoms with Crippen molar-refractivity contribution in [3.8, 4) is 11.1 Å². The molecular formula is C23H28N4O. The summed E-state index contributed by atoms with van der Waals surface area (Å²) in [4.78, 5) is 12.4. The van der Waals surface area contributed by atoms with E-state index in [2.05, 4.69) is 52.9 Å². The summed E-state index contributed by atoms with van der Waals surface area (Å²) in [5.41, 5.74) is 7.49. The molecule has 0 unspecified atom stereocenters. The highest BCUT2D eigenvalue weighted by Crippen LogP contribution is 2.33. The van der Waals surface area contributed by atoms with Crippen LogP contribution in [-0.2, 0) is 0 Å². The number of piperidine rings is 1. The fourth-order valence-electron chi connectivity index (χ4n) is 4.17. The van der Waals surface area contributed by atoms with Crippen LogP contribution in [0.5, 0.6) is 0 Å². The van der Waals surface area contributed by atoms with Crippen molar-refractivity contribution >= 4 is 16.8 Å². The molecule has 5 heteroatoms. The number of rotatable bonds is 4. The Morgan fingerprint density at radius 3 is 2.71 bits per heavy atom. The minimum atomic E-state index is -0.0253. The van der Waals surface area contributed by atoms with E-state index >= 15 is 0 Å². The molecule has 28 heavy (non-hydrogen) atoms. The number of carbonyl (C=O) groups is 1. The Morgan fingerprint density at radius 1 is 1.18 bits per heavy atom. The molecule has 0 spiro atoms. The lowest BCUT2D eigenvalue weighted by molar-refractivity contribution is 0.0956. The molecule has 1 aromatic heterocycles. The first-order valence-corrected chi connectivity index (χ1v) is 10.2.